The average molecular weight is 281 g/mol. The van der Waals surface area contributed by atoms with E-state index in [0.29, 0.717) is 44.2 Å². The van der Waals surface area contributed by atoms with Crippen LogP contribution in [0.4, 0.5) is 0 Å². The van der Waals surface area contributed by atoms with Gasteiger partial charge in [0.2, 0.25) is 0 Å². The average Bonchev–Trinajstić information content (AvgIpc) is 2.47. The van der Waals surface area contributed by atoms with Gasteiger partial charge in [-0.2, -0.15) is 0 Å². The van der Waals surface area contributed by atoms with Gasteiger partial charge in [-0.05, 0) is 13.0 Å². The molecule has 1 aromatic heterocycles. The van der Waals surface area contributed by atoms with Crippen LogP contribution in [-0.2, 0) is 6.54 Å². The van der Waals surface area contributed by atoms with E-state index in [1.54, 1.807) is 19.2 Å². The summed E-state index contributed by atoms with van der Waals surface area (Å²) in [4.78, 5) is 16.3. The van der Waals surface area contributed by atoms with E-state index in [2.05, 4.69) is 15.6 Å². The number of nitrogens with zero attached hydrogens (tertiary/aromatic N) is 1. The largest absolute Gasteiger partial charge is 0.497 e. The molecular formula is C13H23N5O2. The molecule has 7 heteroatoms. The molecule has 7 nitrogen and oxygen atoms in total. The number of hydrogen-bond donors (Lipinski definition) is 4. The van der Waals surface area contributed by atoms with Crippen LogP contribution in [0.15, 0.2) is 12.1 Å². The number of pyridine rings is 1. The third-order valence-electron chi connectivity index (χ3n) is 2.61. The Morgan fingerprint density at radius 3 is 2.75 bits per heavy atom. The Kier molecular flexibility index (Phi) is 7.56. The summed E-state index contributed by atoms with van der Waals surface area (Å²) in [6.07, 6.45) is 0.737. The van der Waals surface area contributed by atoms with Crippen LogP contribution in [0.5, 0.6) is 5.75 Å². The van der Waals surface area contributed by atoms with Gasteiger partial charge in [0, 0.05) is 38.3 Å². The second-order valence-electron chi connectivity index (χ2n) is 4.25. The lowest BCUT2D eigenvalue weighted by Crippen LogP contribution is -2.27. The van der Waals surface area contributed by atoms with Gasteiger partial charge in [0.25, 0.3) is 5.91 Å². The van der Waals surface area contributed by atoms with Crippen LogP contribution in [0.2, 0.25) is 0 Å². The number of amides is 1. The number of carbonyl (C=O) groups is 1. The number of nitrogens with two attached hydrogens (primary N) is 2. The number of nitrogens with one attached hydrogen (secondary N) is 2. The maximum atomic E-state index is 12.0. The fourth-order valence-electron chi connectivity index (χ4n) is 1.60. The Balaban J connectivity index is 2.73. The second kappa shape index (κ2) is 9.24. The zero-order chi connectivity index (χ0) is 14.8. The zero-order valence-corrected chi connectivity index (χ0v) is 11.8. The zero-order valence-electron chi connectivity index (χ0n) is 11.8. The summed E-state index contributed by atoms with van der Waals surface area (Å²) in [5, 5.41) is 5.90. The first-order chi connectivity index (χ1) is 9.71. The molecule has 0 saturated carbocycles. The molecule has 0 bridgehead atoms. The van der Waals surface area contributed by atoms with Gasteiger partial charge in [-0.1, -0.05) is 0 Å². The fourth-order valence-corrected chi connectivity index (χ4v) is 1.60. The molecule has 1 amide bonds. The van der Waals surface area contributed by atoms with Gasteiger partial charge in [-0.15, -0.1) is 0 Å². The highest BCUT2D eigenvalue weighted by Crippen LogP contribution is 2.13. The molecule has 0 fully saturated rings. The molecule has 0 radical (unpaired) electrons. The summed E-state index contributed by atoms with van der Waals surface area (Å²) < 4.78 is 5.19. The van der Waals surface area contributed by atoms with E-state index < -0.39 is 0 Å². The SMILES string of the molecule is COc1cc(CNCCN)nc(C(=O)NCCCN)c1. The van der Waals surface area contributed by atoms with Crippen LogP contribution in [-0.4, -0.2) is 44.2 Å². The third-order valence-corrected chi connectivity index (χ3v) is 2.61. The number of carbonyl (C=O) groups excluding carboxylic acids is 1. The number of hydrogen-bond acceptors (Lipinski definition) is 6. The standard InChI is InChI=1S/C13H23N5O2/c1-20-11-7-10(9-16-6-4-15)18-12(8-11)13(19)17-5-2-3-14/h7-8,16H,2-6,9,14-15H2,1H3,(H,17,19). The van der Waals surface area contributed by atoms with Crippen LogP contribution in [0.3, 0.4) is 0 Å². The van der Waals surface area contributed by atoms with E-state index in [-0.39, 0.29) is 5.91 Å². The van der Waals surface area contributed by atoms with Crippen molar-refractivity contribution < 1.29 is 9.53 Å². The Morgan fingerprint density at radius 1 is 1.30 bits per heavy atom. The first-order valence-corrected chi connectivity index (χ1v) is 6.65. The van der Waals surface area contributed by atoms with Gasteiger partial charge >= 0.3 is 0 Å². The summed E-state index contributed by atoms with van der Waals surface area (Å²) in [5.74, 6) is 0.381. The van der Waals surface area contributed by atoms with E-state index in [9.17, 15) is 4.79 Å². The molecule has 0 aliphatic carbocycles. The molecule has 1 heterocycles. The lowest BCUT2D eigenvalue weighted by molar-refractivity contribution is 0.0948. The van der Waals surface area contributed by atoms with E-state index in [1.165, 1.54) is 0 Å². The van der Waals surface area contributed by atoms with Crippen LogP contribution >= 0.6 is 0 Å². The predicted molar refractivity (Wildman–Crippen MR) is 77.6 cm³/mol. The lowest BCUT2D eigenvalue weighted by atomic mass is 10.2. The van der Waals surface area contributed by atoms with Crippen LogP contribution in [0, 0.1) is 0 Å². The maximum Gasteiger partial charge on any atom is 0.270 e. The molecule has 6 N–H and O–H groups in total. The van der Waals surface area contributed by atoms with E-state index in [4.69, 9.17) is 16.2 Å². The molecular weight excluding hydrogens is 258 g/mol. The Morgan fingerprint density at radius 2 is 2.10 bits per heavy atom. The van der Waals surface area contributed by atoms with Crippen molar-refractivity contribution in [2.24, 2.45) is 11.5 Å². The molecule has 1 aromatic rings. The van der Waals surface area contributed by atoms with E-state index in [0.717, 1.165) is 12.1 Å². The smallest absolute Gasteiger partial charge is 0.270 e. The van der Waals surface area contributed by atoms with Gasteiger partial charge in [0.1, 0.15) is 11.4 Å². The minimum Gasteiger partial charge on any atom is -0.497 e. The minimum atomic E-state index is -0.225. The topological polar surface area (TPSA) is 115 Å². The minimum absolute atomic E-state index is 0.225. The van der Waals surface area contributed by atoms with Gasteiger partial charge < -0.3 is 26.8 Å². The van der Waals surface area contributed by atoms with Crippen molar-refractivity contribution in [3.8, 4) is 5.75 Å². The van der Waals surface area contributed by atoms with Gasteiger partial charge in [0.05, 0.1) is 12.8 Å². The lowest BCUT2D eigenvalue weighted by Gasteiger charge is -2.09. The number of ether oxygens (including phenoxy) is 1. The Hall–Kier alpha value is -1.70. The predicted octanol–water partition coefficient (Wildman–Crippen LogP) is -0.783. The molecule has 0 atom stereocenters. The normalized spacial score (nSPS) is 10.3. The Bertz CT molecular complexity index is 425. The van der Waals surface area contributed by atoms with Crippen LogP contribution in [0.25, 0.3) is 0 Å². The molecule has 0 unspecified atom stereocenters. The Labute approximate surface area is 119 Å². The highest BCUT2D eigenvalue weighted by Gasteiger charge is 2.10. The van der Waals surface area contributed by atoms with Gasteiger partial charge in [-0.3, -0.25) is 4.79 Å². The van der Waals surface area contributed by atoms with Crippen LogP contribution < -0.4 is 26.8 Å². The van der Waals surface area contributed by atoms with Crippen LogP contribution in [0.1, 0.15) is 22.6 Å². The van der Waals surface area contributed by atoms with Gasteiger partial charge in [-0.25, -0.2) is 4.98 Å². The van der Waals surface area contributed by atoms with Crippen molar-refractivity contribution in [3.63, 3.8) is 0 Å². The third kappa shape index (κ3) is 5.52. The number of aromatic nitrogens is 1. The van der Waals surface area contributed by atoms with Gasteiger partial charge in [0.15, 0.2) is 0 Å². The molecule has 112 valence electrons. The summed E-state index contributed by atoms with van der Waals surface area (Å²) in [5.41, 5.74) is 11.9. The summed E-state index contributed by atoms with van der Waals surface area (Å²) >= 11 is 0. The molecule has 0 spiro atoms. The summed E-state index contributed by atoms with van der Waals surface area (Å²) in [7, 11) is 1.56. The molecule has 0 saturated heterocycles. The maximum absolute atomic E-state index is 12.0. The van der Waals surface area contributed by atoms with Crippen molar-refractivity contribution in [2.75, 3.05) is 33.3 Å². The fraction of sp³-hybridized carbons (Fsp3) is 0.538. The van der Waals surface area contributed by atoms with Crippen molar-refractivity contribution in [1.82, 2.24) is 15.6 Å². The quantitative estimate of drug-likeness (QED) is 0.441. The second-order valence-corrected chi connectivity index (χ2v) is 4.25. The molecule has 0 aromatic carbocycles. The van der Waals surface area contributed by atoms with Crippen molar-refractivity contribution in [2.45, 2.75) is 13.0 Å². The van der Waals surface area contributed by atoms with Crippen molar-refractivity contribution in [1.29, 1.82) is 0 Å². The van der Waals surface area contributed by atoms with Crippen molar-refractivity contribution in [3.05, 3.63) is 23.5 Å². The monoisotopic (exact) mass is 281 g/mol. The van der Waals surface area contributed by atoms with E-state index >= 15 is 0 Å². The number of methoxy groups -OCH3 is 1. The highest BCUT2D eigenvalue weighted by molar-refractivity contribution is 5.92. The number of rotatable bonds is 9. The summed E-state index contributed by atoms with van der Waals surface area (Å²) in [6.45, 7) is 2.86. The van der Waals surface area contributed by atoms with E-state index in [1.807, 2.05) is 0 Å². The first-order valence-electron chi connectivity index (χ1n) is 6.65. The highest BCUT2D eigenvalue weighted by atomic mass is 16.5. The van der Waals surface area contributed by atoms with Crippen molar-refractivity contribution >= 4 is 5.91 Å². The molecule has 0 aliphatic heterocycles. The molecule has 20 heavy (non-hydrogen) atoms. The molecule has 0 aliphatic rings. The first kappa shape index (κ1) is 16.4. The molecule has 1 rings (SSSR count). The summed E-state index contributed by atoms with van der Waals surface area (Å²) in [6, 6.07) is 3.41.